The van der Waals surface area contributed by atoms with E-state index in [-0.39, 0.29) is 10.8 Å². The van der Waals surface area contributed by atoms with Crippen LogP contribution in [0.2, 0.25) is 0 Å². The summed E-state index contributed by atoms with van der Waals surface area (Å²) in [4.78, 5) is 8.59. The predicted molar refractivity (Wildman–Crippen MR) is 96.9 cm³/mol. The molecule has 0 unspecified atom stereocenters. The molecule has 24 heavy (non-hydrogen) atoms. The monoisotopic (exact) mass is 328 g/mol. The Bertz CT molecular complexity index is 658. The standard InChI is InChI=1S/C20H28N2O2/c1-19(2,3)16-11-17(14-21-12-16)24-10-9-20(4,5)15-7-8-18(23-6)22-13-15/h7-8,11-14H,9-10H2,1-6H3. The Morgan fingerprint density at radius 1 is 0.958 bits per heavy atom. The molecule has 0 aliphatic rings. The van der Waals surface area contributed by atoms with Crippen LogP contribution in [0.5, 0.6) is 11.6 Å². The highest BCUT2D eigenvalue weighted by molar-refractivity contribution is 5.28. The fourth-order valence-corrected chi connectivity index (χ4v) is 2.38. The van der Waals surface area contributed by atoms with Gasteiger partial charge in [0.05, 0.1) is 19.9 Å². The maximum Gasteiger partial charge on any atom is 0.212 e. The van der Waals surface area contributed by atoms with Crippen molar-refractivity contribution in [2.75, 3.05) is 13.7 Å². The zero-order chi connectivity index (χ0) is 17.8. The lowest BCUT2D eigenvalue weighted by molar-refractivity contribution is 0.271. The van der Waals surface area contributed by atoms with E-state index in [1.807, 2.05) is 18.5 Å². The van der Waals surface area contributed by atoms with Crippen LogP contribution in [-0.2, 0) is 10.8 Å². The number of aromatic nitrogens is 2. The van der Waals surface area contributed by atoms with Crippen molar-refractivity contribution in [1.82, 2.24) is 9.97 Å². The van der Waals surface area contributed by atoms with E-state index in [4.69, 9.17) is 9.47 Å². The molecule has 0 amide bonds. The van der Waals surface area contributed by atoms with Gasteiger partial charge >= 0.3 is 0 Å². The molecule has 4 heteroatoms. The minimum absolute atomic E-state index is 0.0195. The molecule has 2 aromatic heterocycles. The third-order valence-electron chi connectivity index (χ3n) is 4.30. The molecule has 4 nitrogen and oxygen atoms in total. The second-order valence-corrected chi connectivity index (χ2v) is 7.73. The average molecular weight is 328 g/mol. The summed E-state index contributed by atoms with van der Waals surface area (Å²) in [7, 11) is 1.63. The van der Waals surface area contributed by atoms with Gasteiger partial charge < -0.3 is 9.47 Å². The third-order valence-corrected chi connectivity index (χ3v) is 4.30. The molecule has 2 rings (SSSR count). The predicted octanol–water partition coefficient (Wildman–Crippen LogP) is 4.53. The minimum atomic E-state index is -0.0195. The van der Waals surface area contributed by atoms with Crippen LogP contribution in [0.1, 0.15) is 52.2 Å². The lowest BCUT2D eigenvalue weighted by Gasteiger charge is -2.25. The second kappa shape index (κ2) is 7.20. The van der Waals surface area contributed by atoms with Gasteiger partial charge in [0.1, 0.15) is 5.75 Å². The molecule has 0 radical (unpaired) electrons. The molecule has 0 spiro atoms. The number of rotatable bonds is 6. The highest BCUT2D eigenvalue weighted by Gasteiger charge is 2.21. The van der Waals surface area contributed by atoms with Gasteiger partial charge in [0, 0.05) is 18.5 Å². The largest absolute Gasteiger partial charge is 0.492 e. The fourth-order valence-electron chi connectivity index (χ4n) is 2.38. The van der Waals surface area contributed by atoms with E-state index in [2.05, 4.69) is 56.7 Å². The van der Waals surface area contributed by atoms with E-state index >= 15 is 0 Å². The Labute approximate surface area is 145 Å². The summed E-state index contributed by atoms with van der Waals surface area (Å²) in [6.07, 6.45) is 6.44. The van der Waals surface area contributed by atoms with Crippen LogP contribution in [-0.4, -0.2) is 23.7 Å². The maximum absolute atomic E-state index is 5.94. The van der Waals surface area contributed by atoms with E-state index < -0.39 is 0 Å². The van der Waals surface area contributed by atoms with Crippen LogP contribution in [0.15, 0.2) is 36.8 Å². The van der Waals surface area contributed by atoms with Crippen LogP contribution in [0.25, 0.3) is 0 Å². The van der Waals surface area contributed by atoms with Gasteiger partial charge in [0.15, 0.2) is 0 Å². The van der Waals surface area contributed by atoms with E-state index in [0.717, 1.165) is 12.2 Å². The summed E-state index contributed by atoms with van der Waals surface area (Å²) in [5.74, 6) is 1.46. The van der Waals surface area contributed by atoms with Gasteiger partial charge in [0.25, 0.3) is 0 Å². The van der Waals surface area contributed by atoms with E-state index in [0.29, 0.717) is 12.5 Å². The molecule has 2 heterocycles. The van der Waals surface area contributed by atoms with E-state index in [1.165, 1.54) is 11.1 Å². The molecule has 0 aromatic carbocycles. The fraction of sp³-hybridized carbons (Fsp3) is 0.500. The normalized spacial score (nSPS) is 12.1. The summed E-state index contributed by atoms with van der Waals surface area (Å²) in [6.45, 7) is 11.6. The molecule has 0 saturated carbocycles. The third kappa shape index (κ3) is 4.70. The first-order valence-corrected chi connectivity index (χ1v) is 8.31. The summed E-state index contributed by atoms with van der Waals surface area (Å²) in [5.41, 5.74) is 2.40. The Morgan fingerprint density at radius 2 is 1.71 bits per heavy atom. The van der Waals surface area contributed by atoms with Gasteiger partial charge in [0.2, 0.25) is 5.88 Å². The molecular formula is C20H28N2O2. The average Bonchev–Trinajstić information content (AvgIpc) is 2.54. The first kappa shape index (κ1) is 18.2. The quantitative estimate of drug-likeness (QED) is 0.781. The molecule has 2 aromatic rings. The van der Waals surface area contributed by atoms with Crippen molar-refractivity contribution in [3.63, 3.8) is 0 Å². The zero-order valence-corrected chi connectivity index (χ0v) is 15.6. The SMILES string of the molecule is COc1ccc(C(C)(C)CCOc2cncc(C(C)(C)C)c2)cn1. The Morgan fingerprint density at radius 3 is 2.29 bits per heavy atom. The highest BCUT2D eigenvalue weighted by atomic mass is 16.5. The molecular weight excluding hydrogens is 300 g/mol. The first-order chi connectivity index (χ1) is 11.2. The summed E-state index contributed by atoms with van der Waals surface area (Å²) in [5, 5.41) is 0. The number of nitrogens with zero attached hydrogens (tertiary/aromatic N) is 2. The lowest BCUT2D eigenvalue weighted by atomic mass is 9.83. The Balaban J connectivity index is 1.97. The molecule has 0 aliphatic carbocycles. The van der Waals surface area contributed by atoms with Crippen LogP contribution in [0.3, 0.4) is 0 Å². The number of ether oxygens (including phenoxy) is 2. The minimum Gasteiger partial charge on any atom is -0.492 e. The smallest absolute Gasteiger partial charge is 0.212 e. The van der Waals surface area contributed by atoms with Gasteiger partial charge in [-0.05, 0) is 34.4 Å². The number of pyridine rings is 2. The van der Waals surface area contributed by atoms with Gasteiger partial charge in [-0.25, -0.2) is 4.98 Å². The molecule has 0 bridgehead atoms. The number of hydrogen-bond donors (Lipinski definition) is 0. The molecule has 130 valence electrons. The first-order valence-electron chi connectivity index (χ1n) is 8.31. The summed E-state index contributed by atoms with van der Waals surface area (Å²) < 4.78 is 11.1. The van der Waals surface area contributed by atoms with E-state index in [1.54, 1.807) is 13.3 Å². The molecule has 0 N–H and O–H groups in total. The zero-order valence-electron chi connectivity index (χ0n) is 15.6. The van der Waals surface area contributed by atoms with Gasteiger partial charge in [-0.15, -0.1) is 0 Å². The van der Waals surface area contributed by atoms with Crippen LogP contribution in [0.4, 0.5) is 0 Å². The van der Waals surface area contributed by atoms with Crippen molar-refractivity contribution in [2.24, 2.45) is 0 Å². The molecule has 0 saturated heterocycles. The van der Waals surface area contributed by atoms with Crippen molar-refractivity contribution >= 4 is 0 Å². The second-order valence-electron chi connectivity index (χ2n) is 7.73. The summed E-state index contributed by atoms with van der Waals surface area (Å²) in [6, 6.07) is 6.04. The Kier molecular flexibility index (Phi) is 5.47. The molecule has 0 fully saturated rings. The van der Waals surface area contributed by atoms with Crippen molar-refractivity contribution in [1.29, 1.82) is 0 Å². The van der Waals surface area contributed by atoms with Crippen molar-refractivity contribution in [3.8, 4) is 11.6 Å². The van der Waals surface area contributed by atoms with Crippen molar-refractivity contribution in [2.45, 2.75) is 51.9 Å². The van der Waals surface area contributed by atoms with Crippen LogP contribution < -0.4 is 9.47 Å². The molecule has 0 aliphatic heterocycles. The van der Waals surface area contributed by atoms with Crippen molar-refractivity contribution < 1.29 is 9.47 Å². The maximum atomic E-state index is 5.94. The molecule has 0 atom stereocenters. The Hall–Kier alpha value is -2.10. The van der Waals surface area contributed by atoms with Gasteiger partial charge in [-0.2, -0.15) is 0 Å². The van der Waals surface area contributed by atoms with Crippen LogP contribution >= 0.6 is 0 Å². The van der Waals surface area contributed by atoms with Gasteiger partial charge in [-0.3, -0.25) is 4.98 Å². The number of methoxy groups -OCH3 is 1. The van der Waals surface area contributed by atoms with Crippen molar-refractivity contribution in [3.05, 3.63) is 47.9 Å². The number of hydrogen-bond acceptors (Lipinski definition) is 4. The summed E-state index contributed by atoms with van der Waals surface area (Å²) >= 11 is 0. The highest BCUT2D eigenvalue weighted by Crippen LogP contribution is 2.28. The topological polar surface area (TPSA) is 44.2 Å². The lowest BCUT2D eigenvalue weighted by Crippen LogP contribution is -2.21. The van der Waals surface area contributed by atoms with E-state index in [9.17, 15) is 0 Å². The van der Waals surface area contributed by atoms with Crippen LogP contribution in [0, 0.1) is 0 Å². The van der Waals surface area contributed by atoms with Gasteiger partial charge in [-0.1, -0.05) is 40.7 Å².